The van der Waals surface area contributed by atoms with E-state index in [-0.39, 0.29) is 12.8 Å². The average molecular weight is 206 g/mol. The molecular weight excluding hydrogens is 192 g/mol. The topological polar surface area (TPSA) is 107 Å². The molecule has 0 aromatic rings. The predicted octanol–water partition coefficient (Wildman–Crippen LogP) is -1.67. The fraction of sp³-hybridized carbons (Fsp3) is 0.875. The highest BCUT2D eigenvalue weighted by Gasteiger charge is 2.49. The zero-order chi connectivity index (χ0) is 10.9. The van der Waals surface area contributed by atoms with E-state index in [9.17, 15) is 20.1 Å². The number of carboxylic acids is 1. The Balaban J connectivity index is 2.79. The van der Waals surface area contributed by atoms with Crippen LogP contribution in [0.4, 0.5) is 0 Å². The summed E-state index contributed by atoms with van der Waals surface area (Å²) in [6, 6.07) is 0. The summed E-state index contributed by atoms with van der Waals surface area (Å²) in [7, 11) is 1.31. The van der Waals surface area contributed by atoms with E-state index in [2.05, 4.69) is 0 Å². The van der Waals surface area contributed by atoms with Gasteiger partial charge in [-0.3, -0.25) is 0 Å². The van der Waals surface area contributed by atoms with Crippen LogP contribution >= 0.6 is 0 Å². The molecule has 0 radical (unpaired) electrons. The molecule has 0 heterocycles. The van der Waals surface area contributed by atoms with Crippen molar-refractivity contribution >= 4 is 5.97 Å². The fourth-order valence-corrected chi connectivity index (χ4v) is 1.75. The number of aliphatic hydroxyl groups excluding tert-OH is 2. The minimum atomic E-state index is -2.06. The fourth-order valence-electron chi connectivity index (χ4n) is 1.75. The van der Waals surface area contributed by atoms with E-state index >= 15 is 0 Å². The van der Waals surface area contributed by atoms with Crippen molar-refractivity contribution in [2.75, 3.05) is 7.11 Å². The number of methoxy groups -OCH3 is 1. The van der Waals surface area contributed by atoms with Crippen LogP contribution in [0.25, 0.3) is 0 Å². The van der Waals surface area contributed by atoms with Gasteiger partial charge in [0.1, 0.15) is 6.10 Å². The molecule has 0 amide bonds. The number of hydrogen-bond acceptors (Lipinski definition) is 5. The highest BCUT2D eigenvalue weighted by molar-refractivity contribution is 5.77. The number of aliphatic carboxylic acids is 1. The minimum absolute atomic E-state index is 0.335. The highest BCUT2D eigenvalue weighted by atomic mass is 16.5. The van der Waals surface area contributed by atoms with Gasteiger partial charge in [-0.1, -0.05) is 0 Å². The summed E-state index contributed by atoms with van der Waals surface area (Å²) in [5.41, 5.74) is -2.06. The average Bonchev–Trinajstić information content (AvgIpc) is 2.02. The molecule has 0 saturated heterocycles. The van der Waals surface area contributed by atoms with Crippen LogP contribution in [0.3, 0.4) is 0 Å². The van der Waals surface area contributed by atoms with Crippen molar-refractivity contribution < 1.29 is 30.0 Å². The van der Waals surface area contributed by atoms with Crippen LogP contribution in [0.1, 0.15) is 12.8 Å². The van der Waals surface area contributed by atoms with E-state index in [1.807, 2.05) is 0 Å². The zero-order valence-corrected chi connectivity index (χ0v) is 7.75. The molecule has 1 aliphatic rings. The van der Waals surface area contributed by atoms with Crippen LogP contribution in [0.15, 0.2) is 0 Å². The molecule has 2 atom stereocenters. The molecule has 0 aromatic heterocycles. The van der Waals surface area contributed by atoms with Crippen LogP contribution in [-0.4, -0.2) is 57.4 Å². The van der Waals surface area contributed by atoms with Crippen molar-refractivity contribution in [1.82, 2.24) is 0 Å². The monoisotopic (exact) mass is 206 g/mol. The molecule has 1 fully saturated rings. The van der Waals surface area contributed by atoms with E-state index in [4.69, 9.17) is 9.84 Å². The third-order valence-electron chi connectivity index (χ3n) is 2.52. The second kappa shape index (κ2) is 3.82. The van der Waals surface area contributed by atoms with E-state index in [1.165, 1.54) is 7.11 Å². The molecule has 0 aliphatic heterocycles. The predicted molar refractivity (Wildman–Crippen MR) is 44.6 cm³/mol. The number of ether oxygens (including phenoxy) is 1. The third kappa shape index (κ3) is 1.88. The number of carboxylic acid groups (broad SMARTS) is 1. The smallest absolute Gasteiger partial charge is 0.335 e. The zero-order valence-electron chi connectivity index (χ0n) is 7.75. The van der Waals surface area contributed by atoms with Crippen LogP contribution < -0.4 is 0 Å². The van der Waals surface area contributed by atoms with Gasteiger partial charge in [0.15, 0.2) is 5.60 Å². The van der Waals surface area contributed by atoms with Gasteiger partial charge in [-0.05, 0) is 0 Å². The third-order valence-corrected chi connectivity index (χ3v) is 2.52. The van der Waals surface area contributed by atoms with Crippen molar-refractivity contribution in [2.45, 2.75) is 36.8 Å². The van der Waals surface area contributed by atoms with Crippen LogP contribution in [0.2, 0.25) is 0 Å². The molecule has 0 spiro atoms. The Morgan fingerprint density at radius 1 is 1.36 bits per heavy atom. The van der Waals surface area contributed by atoms with Gasteiger partial charge >= 0.3 is 5.97 Å². The molecule has 1 rings (SSSR count). The highest BCUT2D eigenvalue weighted by Crippen LogP contribution is 2.30. The lowest BCUT2D eigenvalue weighted by molar-refractivity contribution is -0.190. The lowest BCUT2D eigenvalue weighted by Crippen LogP contribution is -2.56. The van der Waals surface area contributed by atoms with Gasteiger partial charge in [-0.2, -0.15) is 0 Å². The van der Waals surface area contributed by atoms with Gasteiger partial charge in [0.25, 0.3) is 0 Å². The molecule has 6 heteroatoms. The van der Waals surface area contributed by atoms with Gasteiger partial charge in [0, 0.05) is 20.0 Å². The van der Waals surface area contributed by atoms with Gasteiger partial charge < -0.3 is 25.2 Å². The Morgan fingerprint density at radius 2 is 1.79 bits per heavy atom. The molecular formula is C8H14O6. The first kappa shape index (κ1) is 11.4. The van der Waals surface area contributed by atoms with Crippen LogP contribution in [0, 0.1) is 0 Å². The van der Waals surface area contributed by atoms with Crippen molar-refractivity contribution in [3.63, 3.8) is 0 Å². The lowest BCUT2D eigenvalue weighted by atomic mass is 9.79. The Bertz CT molecular complexity index is 216. The number of hydrogen-bond donors (Lipinski definition) is 4. The summed E-state index contributed by atoms with van der Waals surface area (Å²) in [5, 5.41) is 37.0. The second-order valence-corrected chi connectivity index (χ2v) is 3.58. The Hall–Kier alpha value is -0.690. The molecule has 14 heavy (non-hydrogen) atoms. The molecule has 6 nitrogen and oxygen atoms in total. The van der Waals surface area contributed by atoms with E-state index in [0.717, 1.165) is 0 Å². The van der Waals surface area contributed by atoms with E-state index in [0.29, 0.717) is 0 Å². The molecule has 82 valence electrons. The van der Waals surface area contributed by atoms with Crippen molar-refractivity contribution in [2.24, 2.45) is 0 Å². The second-order valence-electron chi connectivity index (χ2n) is 3.58. The summed E-state index contributed by atoms with van der Waals surface area (Å²) < 4.78 is 4.78. The van der Waals surface area contributed by atoms with E-state index in [1.54, 1.807) is 0 Å². The van der Waals surface area contributed by atoms with Crippen molar-refractivity contribution in [3.8, 4) is 0 Å². The lowest BCUT2D eigenvalue weighted by Gasteiger charge is -2.39. The first-order valence-corrected chi connectivity index (χ1v) is 4.25. The first-order chi connectivity index (χ1) is 6.40. The van der Waals surface area contributed by atoms with Gasteiger partial charge in [-0.25, -0.2) is 4.79 Å². The Morgan fingerprint density at radius 3 is 2.07 bits per heavy atom. The number of aliphatic hydroxyl groups is 3. The van der Waals surface area contributed by atoms with Crippen LogP contribution in [-0.2, 0) is 9.53 Å². The number of carbonyl (C=O) groups is 1. The quantitative estimate of drug-likeness (QED) is 0.430. The summed E-state index contributed by atoms with van der Waals surface area (Å²) in [5.74, 6) is -1.44. The summed E-state index contributed by atoms with van der Waals surface area (Å²) in [6.07, 6.45) is -3.86. The summed E-state index contributed by atoms with van der Waals surface area (Å²) in [6.45, 7) is 0. The van der Waals surface area contributed by atoms with Gasteiger partial charge in [0.2, 0.25) is 0 Å². The van der Waals surface area contributed by atoms with Crippen molar-refractivity contribution in [1.29, 1.82) is 0 Å². The SMILES string of the molecule is COC1C(O)CC(O)(C(=O)O)CC1O. The summed E-state index contributed by atoms with van der Waals surface area (Å²) in [4.78, 5) is 10.6. The maximum absolute atomic E-state index is 10.6. The van der Waals surface area contributed by atoms with Crippen LogP contribution in [0.5, 0.6) is 0 Å². The van der Waals surface area contributed by atoms with Crippen molar-refractivity contribution in [3.05, 3.63) is 0 Å². The number of rotatable bonds is 2. The molecule has 2 unspecified atom stereocenters. The molecule has 4 N–H and O–H groups in total. The van der Waals surface area contributed by atoms with E-state index < -0.39 is 29.9 Å². The normalized spacial score (nSPS) is 43.6. The standard InChI is InChI=1S/C8H14O6/c1-14-6-4(9)2-8(13,7(11)12)3-5(6)10/h4-6,9-10,13H,2-3H2,1H3,(H,11,12). The minimum Gasteiger partial charge on any atom is -0.479 e. The molecule has 1 aliphatic carbocycles. The molecule has 1 saturated carbocycles. The summed E-state index contributed by atoms with van der Waals surface area (Å²) >= 11 is 0. The van der Waals surface area contributed by atoms with Gasteiger partial charge in [0.05, 0.1) is 12.2 Å². The maximum Gasteiger partial charge on any atom is 0.335 e. The first-order valence-electron chi connectivity index (χ1n) is 4.25. The Labute approximate surface area is 80.7 Å². The Kier molecular flexibility index (Phi) is 3.10. The maximum atomic E-state index is 10.6. The van der Waals surface area contributed by atoms with Gasteiger partial charge in [-0.15, -0.1) is 0 Å². The molecule has 0 bridgehead atoms. The largest absolute Gasteiger partial charge is 0.479 e. The molecule has 0 aromatic carbocycles.